The molecule has 3 rings (SSSR count). The SMILES string of the molecule is O=C(Nc1ccc(O)cn1)N1CCN(Cc2ccc(F)cc2)CC1. The Morgan fingerprint density at radius 2 is 1.83 bits per heavy atom. The molecule has 0 saturated carbocycles. The van der Waals surface area contributed by atoms with Crippen molar-refractivity contribution in [2.75, 3.05) is 31.5 Å². The number of urea groups is 1. The molecule has 1 fully saturated rings. The molecule has 1 aliphatic rings. The minimum absolute atomic E-state index is 0.0578. The zero-order valence-corrected chi connectivity index (χ0v) is 13.2. The number of amides is 2. The predicted molar refractivity (Wildman–Crippen MR) is 88.2 cm³/mol. The Labute approximate surface area is 139 Å². The quantitative estimate of drug-likeness (QED) is 0.906. The zero-order valence-electron chi connectivity index (χ0n) is 13.2. The first-order valence-corrected chi connectivity index (χ1v) is 7.78. The minimum atomic E-state index is -0.233. The van der Waals surface area contributed by atoms with Crippen molar-refractivity contribution in [2.45, 2.75) is 6.54 Å². The maximum atomic E-state index is 12.9. The molecule has 126 valence electrons. The van der Waals surface area contributed by atoms with Gasteiger partial charge in [-0.25, -0.2) is 14.2 Å². The first-order valence-electron chi connectivity index (χ1n) is 7.78. The van der Waals surface area contributed by atoms with E-state index in [1.54, 1.807) is 23.1 Å². The molecule has 0 spiro atoms. The Kier molecular flexibility index (Phi) is 4.90. The number of halogens is 1. The van der Waals surface area contributed by atoms with E-state index >= 15 is 0 Å². The normalized spacial score (nSPS) is 15.3. The highest BCUT2D eigenvalue weighted by atomic mass is 19.1. The number of nitrogens with one attached hydrogen (secondary N) is 1. The summed E-state index contributed by atoms with van der Waals surface area (Å²) in [6.07, 6.45) is 1.29. The van der Waals surface area contributed by atoms with Gasteiger partial charge in [-0.15, -0.1) is 0 Å². The summed E-state index contributed by atoms with van der Waals surface area (Å²) in [4.78, 5) is 20.1. The van der Waals surface area contributed by atoms with Gasteiger partial charge in [0.1, 0.15) is 17.4 Å². The average molecular weight is 330 g/mol. The van der Waals surface area contributed by atoms with Crippen molar-refractivity contribution in [3.63, 3.8) is 0 Å². The largest absolute Gasteiger partial charge is 0.506 e. The standard InChI is InChI=1S/C17H19FN4O2/c18-14-3-1-13(2-4-14)12-21-7-9-22(10-8-21)17(24)20-16-6-5-15(23)11-19-16/h1-6,11,23H,7-10,12H2,(H,19,20,24). The molecule has 2 N–H and O–H groups in total. The number of carbonyl (C=O) groups is 1. The van der Waals surface area contributed by atoms with Gasteiger partial charge in [0.05, 0.1) is 6.20 Å². The highest BCUT2D eigenvalue weighted by molar-refractivity contribution is 5.88. The monoisotopic (exact) mass is 330 g/mol. The molecule has 0 bridgehead atoms. The van der Waals surface area contributed by atoms with Gasteiger partial charge in [0, 0.05) is 32.7 Å². The van der Waals surface area contributed by atoms with Gasteiger partial charge in [-0.1, -0.05) is 12.1 Å². The van der Waals surface area contributed by atoms with Gasteiger partial charge < -0.3 is 10.0 Å². The van der Waals surface area contributed by atoms with Crippen molar-refractivity contribution in [1.82, 2.24) is 14.8 Å². The van der Waals surface area contributed by atoms with Gasteiger partial charge in [0.2, 0.25) is 0 Å². The van der Waals surface area contributed by atoms with Crippen LogP contribution in [0.25, 0.3) is 0 Å². The van der Waals surface area contributed by atoms with Crippen molar-refractivity contribution >= 4 is 11.8 Å². The second-order valence-electron chi connectivity index (χ2n) is 5.72. The Balaban J connectivity index is 1.48. The fraction of sp³-hybridized carbons (Fsp3) is 0.294. The number of hydrogen-bond acceptors (Lipinski definition) is 4. The molecule has 0 radical (unpaired) electrons. The summed E-state index contributed by atoms with van der Waals surface area (Å²) in [7, 11) is 0. The van der Waals surface area contributed by atoms with Crippen molar-refractivity contribution < 1.29 is 14.3 Å². The molecule has 1 aliphatic heterocycles. The fourth-order valence-corrected chi connectivity index (χ4v) is 2.61. The molecule has 2 amide bonds. The number of nitrogens with zero attached hydrogens (tertiary/aromatic N) is 3. The van der Waals surface area contributed by atoms with Gasteiger partial charge in [-0.3, -0.25) is 10.2 Å². The third-order valence-corrected chi connectivity index (χ3v) is 3.96. The lowest BCUT2D eigenvalue weighted by atomic mass is 10.2. The maximum Gasteiger partial charge on any atom is 0.323 e. The van der Waals surface area contributed by atoms with Crippen LogP contribution in [0.2, 0.25) is 0 Å². The van der Waals surface area contributed by atoms with Crippen LogP contribution in [0.1, 0.15) is 5.56 Å². The lowest BCUT2D eigenvalue weighted by Gasteiger charge is -2.34. The zero-order chi connectivity index (χ0) is 16.9. The summed E-state index contributed by atoms with van der Waals surface area (Å²) in [5.74, 6) is 0.233. The molecule has 1 saturated heterocycles. The average Bonchev–Trinajstić information content (AvgIpc) is 2.59. The lowest BCUT2D eigenvalue weighted by molar-refractivity contribution is 0.143. The third-order valence-electron chi connectivity index (χ3n) is 3.96. The number of aromatic hydroxyl groups is 1. The molecule has 0 aliphatic carbocycles. The molecular weight excluding hydrogens is 311 g/mol. The number of anilines is 1. The van der Waals surface area contributed by atoms with Gasteiger partial charge in [0.25, 0.3) is 0 Å². The van der Waals surface area contributed by atoms with Gasteiger partial charge >= 0.3 is 6.03 Å². The number of carbonyl (C=O) groups excluding carboxylic acids is 1. The van der Waals surface area contributed by atoms with Crippen molar-refractivity contribution in [2.24, 2.45) is 0 Å². The van der Waals surface area contributed by atoms with E-state index in [4.69, 9.17) is 0 Å². The Hall–Kier alpha value is -2.67. The van der Waals surface area contributed by atoms with Crippen LogP contribution in [-0.4, -0.2) is 52.1 Å². The van der Waals surface area contributed by atoms with E-state index in [2.05, 4.69) is 15.2 Å². The summed E-state index contributed by atoms with van der Waals surface area (Å²) in [6, 6.07) is 9.32. The van der Waals surface area contributed by atoms with E-state index in [-0.39, 0.29) is 17.6 Å². The Bertz CT molecular complexity index is 683. The Morgan fingerprint density at radius 1 is 1.12 bits per heavy atom. The summed E-state index contributed by atoms with van der Waals surface area (Å²) in [6.45, 7) is 3.49. The van der Waals surface area contributed by atoms with Crippen LogP contribution in [0.5, 0.6) is 5.75 Å². The molecular formula is C17H19FN4O2. The van der Waals surface area contributed by atoms with Gasteiger partial charge in [-0.05, 0) is 29.8 Å². The smallest absolute Gasteiger partial charge is 0.323 e. The van der Waals surface area contributed by atoms with Crippen LogP contribution in [-0.2, 0) is 6.54 Å². The van der Waals surface area contributed by atoms with E-state index in [0.29, 0.717) is 18.9 Å². The lowest BCUT2D eigenvalue weighted by Crippen LogP contribution is -2.49. The first kappa shape index (κ1) is 16.2. The number of rotatable bonds is 3. The Morgan fingerprint density at radius 3 is 2.46 bits per heavy atom. The molecule has 2 aromatic rings. The summed E-state index contributed by atoms with van der Waals surface area (Å²) in [5, 5.41) is 11.9. The number of aromatic nitrogens is 1. The summed E-state index contributed by atoms with van der Waals surface area (Å²) < 4.78 is 12.9. The number of benzene rings is 1. The van der Waals surface area contributed by atoms with Crippen molar-refractivity contribution in [3.8, 4) is 5.75 Å². The molecule has 2 heterocycles. The number of pyridine rings is 1. The predicted octanol–water partition coefficient (Wildman–Crippen LogP) is 2.28. The highest BCUT2D eigenvalue weighted by Crippen LogP contribution is 2.13. The maximum absolute atomic E-state index is 12.9. The van der Waals surface area contributed by atoms with Crippen LogP contribution >= 0.6 is 0 Å². The van der Waals surface area contributed by atoms with Gasteiger partial charge in [0.15, 0.2) is 0 Å². The van der Waals surface area contributed by atoms with Gasteiger partial charge in [-0.2, -0.15) is 0 Å². The topological polar surface area (TPSA) is 68.7 Å². The molecule has 24 heavy (non-hydrogen) atoms. The first-order chi connectivity index (χ1) is 11.6. The van der Waals surface area contributed by atoms with E-state index in [1.807, 2.05) is 0 Å². The summed E-state index contributed by atoms with van der Waals surface area (Å²) in [5.41, 5.74) is 1.06. The second-order valence-corrected chi connectivity index (χ2v) is 5.72. The van der Waals surface area contributed by atoms with Crippen LogP contribution in [0.4, 0.5) is 15.0 Å². The summed E-state index contributed by atoms with van der Waals surface area (Å²) >= 11 is 0. The van der Waals surface area contributed by atoms with Crippen LogP contribution in [0, 0.1) is 5.82 Å². The molecule has 1 aromatic carbocycles. The van der Waals surface area contributed by atoms with Crippen LogP contribution in [0.3, 0.4) is 0 Å². The van der Waals surface area contributed by atoms with Crippen LogP contribution in [0.15, 0.2) is 42.6 Å². The minimum Gasteiger partial charge on any atom is -0.506 e. The molecule has 1 aromatic heterocycles. The molecule has 6 nitrogen and oxygen atoms in total. The molecule has 0 atom stereocenters. The van der Waals surface area contributed by atoms with E-state index < -0.39 is 0 Å². The van der Waals surface area contributed by atoms with E-state index in [0.717, 1.165) is 25.2 Å². The molecule has 7 heteroatoms. The third kappa shape index (κ3) is 4.20. The van der Waals surface area contributed by atoms with Crippen molar-refractivity contribution in [1.29, 1.82) is 0 Å². The fourth-order valence-electron chi connectivity index (χ4n) is 2.61. The second kappa shape index (κ2) is 7.27. The number of piperazine rings is 1. The molecule has 0 unspecified atom stereocenters. The van der Waals surface area contributed by atoms with E-state index in [1.165, 1.54) is 24.4 Å². The number of hydrogen-bond donors (Lipinski definition) is 2. The van der Waals surface area contributed by atoms with Crippen molar-refractivity contribution in [3.05, 3.63) is 54.0 Å². The van der Waals surface area contributed by atoms with E-state index in [9.17, 15) is 14.3 Å². The van der Waals surface area contributed by atoms with Crippen LogP contribution < -0.4 is 5.32 Å². The highest BCUT2D eigenvalue weighted by Gasteiger charge is 2.21.